The second kappa shape index (κ2) is 5.18. The van der Waals surface area contributed by atoms with Crippen molar-refractivity contribution < 1.29 is 4.43 Å². The highest BCUT2D eigenvalue weighted by atomic mass is 28.2. The molecule has 0 bridgehead atoms. The zero-order valence-electron chi connectivity index (χ0n) is 4.40. The van der Waals surface area contributed by atoms with Crippen LogP contribution >= 0.6 is 0 Å². The lowest BCUT2D eigenvalue weighted by molar-refractivity contribution is 0.446. The Morgan fingerprint density at radius 1 is 1.83 bits per heavy atom. The van der Waals surface area contributed by atoms with Crippen LogP contribution in [0.25, 0.3) is 0 Å². The molecule has 0 fully saturated rings. The van der Waals surface area contributed by atoms with Gasteiger partial charge in [-0.15, -0.1) is 0 Å². The molecule has 0 saturated carbocycles. The topological polar surface area (TPSA) is 9.23 Å². The highest BCUT2D eigenvalue weighted by Crippen LogP contribution is 1.78. The van der Waals surface area contributed by atoms with Crippen molar-refractivity contribution >= 4 is 9.76 Å². The Balaban J connectivity index is 2.34. The zero-order valence-corrected chi connectivity index (χ0v) is 5.81. The molecule has 0 saturated heterocycles. The average Bonchev–Trinajstić information content (AvgIpc) is 1.61. The fourth-order valence-electron chi connectivity index (χ4n) is 0.236. The van der Waals surface area contributed by atoms with Crippen LogP contribution in [-0.2, 0) is 4.43 Å². The highest BCUT2D eigenvalue weighted by molar-refractivity contribution is 6.32. The third kappa shape index (κ3) is 4.18. The van der Waals surface area contributed by atoms with Crippen LogP contribution in [0.3, 0.4) is 0 Å². The van der Waals surface area contributed by atoms with Crippen molar-refractivity contribution in [2.24, 2.45) is 0 Å². The second-order valence-electron chi connectivity index (χ2n) is 1.15. The quantitative estimate of drug-likeness (QED) is 0.368. The molecule has 0 heterocycles. The van der Waals surface area contributed by atoms with Gasteiger partial charge in [-0.05, 0) is 6.04 Å². The normalized spacial score (nSPS) is 11.0. The minimum absolute atomic E-state index is 0.203. The summed E-state index contributed by atoms with van der Waals surface area (Å²) in [6, 6.07) is 2.22. The minimum Gasteiger partial charge on any atom is -0.427 e. The van der Waals surface area contributed by atoms with E-state index in [0.717, 1.165) is 0 Å². The van der Waals surface area contributed by atoms with Gasteiger partial charge in [0.15, 0.2) is 9.76 Å². The fraction of sp³-hybridized carbons (Fsp3) is 0.750. The van der Waals surface area contributed by atoms with Gasteiger partial charge in [0, 0.05) is 7.11 Å². The maximum Gasteiger partial charge on any atom is 0.164 e. The van der Waals surface area contributed by atoms with Crippen LogP contribution in [-0.4, -0.2) is 16.9 Å². The first kappa shape index (κ1) is 6.18. The van der Waals surface area contributed by atoms with Gasteiger partial charge in [-0.2, -0.15) is 0 Å². The zero-order chi connectivity index (χ0) is 4.83. The van der Waals surface area contributed by atoms with Gasteiger partial charge in [-0.25, -0.2) is 0 Å². The molecule has 37 valence electrons. The Morgan fingerprint density at radius 2 is 2.50 bits per heavy atom. The second-order valence-corrected chi connectivity index (χ2v) is 2.64. The lowest BCUT2D eigenvalue weighted by Gasteiger charge is -1.87. The van der Waals surface area contributed by atoms with Crippen LogP contribution in [0, 0.1) is 6.04 Å². The predicted octanol–water partition coefficient (Wildman–Crippen LogP) is 0.288. The van der Waals surface area contributed by atoms with E-state index in [-0.39, 0.29) is 9.76 Å². The molecule has 0 aromatic heterocycles. The number of hydrogen-bond acceptors (Lipinski definition) is 1. The SMILES string of the molecule is CC[CH][SiH2]OC. The Kier molecular flexibility index (Phi) is 5.33. The van der Waals surface area contributed by atoms with E-state index in [2.05, 4.69) is 13.0 Å². The van der Waals surface area contributed by atoms with Crippen LogP contribution in [0.1, 0.15) is 13.3 Å². The number of hydrogen-bond donors (Lipinski definition) is 0. The Hall–Kier alpha value is 0.177. The van der Waals surface area contributed by atoms with Gasteiger partial charge in [0.25, 0.3) is 0 Å². The maximum atomic E-state index is 4.87. The third-order valence-electron chi connectivity index (χ3n) is 0.573. The van der Waals surface area contributed by atoms with Crippen molar-refractivity contribution in [1.29, 1.82) is 0 Å². The summed E-state index contributed by atoms with van der Waals surface area (Å²) in [5, 5.41) is 0. The molecule has 1 nitrogen and oxygen atoms in total. The molecule has 6 heavy (non-hydrogen) atoms. The van der Waals surface area contributed by atoms with Gasteiger partial charge in [-0.1, -0.05) is 13.3 Å². The Morgan fingerprint density at radius 3 is 2.67 bits per heavy atom. The summed E-state index contributed by atoms with van der Waals surface area (Å²) in [6.45, 7) is 2.13. The molecule has 0 aliphatic carbocycles. The molecular weight excluding hydrogens is 92.1 g/mol. The van der Waals surface area contributed by atoms with Crippen LogP contribution < -0.4 is 0 Å². The van der Waals surface area contributed by atoms with E-state index in [1.807, 2.05) is 0 Å². The molecule has 0 N–H and O–H groups in total. The van der Waals surface area contributed by atoms with Gasteiger partial charge in [0.2, 0.25) is 0 Å². The standard InChI is InChI=1S/C4H11OSi/c1-3-4-6-5-2/h4H,3,6H2,1-2H3. The van der Waals surface area contributed by atoms with Crippen molar-refractivity contribution in [1.82, 2.24) is 0 Å². The first-order chi connectivity index (χ1) is 2.91. The van der Waals surface area contributed by atoms with Crippen LogP contribution in [0.2, 0.25) is 0 Å². The van der Waals surface area contributed by atoms with Gasteiger partial charge in [0.1, 0.15) is 0 Å². The van der Waals surface area contributed by atoms with Gasteiger partial charge in [0.05, 0.1) is 0 Å². The minimum atomic E-state index is -0.203. The third-order valence-corrected chi connectivity index (χ3v) is 1.72. The molecule has 0 atom stereocenters. The summed E-state index contributed by atoms with van der Waals surface area (Å²) < 4.78 is 4.87. The van der Waals surface area contributed by atoms with Crippen LogP contribution in [0.5, 0.6) is 0 Å². The Labute approximate surface area is 41.6 Å². The molecule has 1 radical (unpaired) electrons. The molecule has 0 amide bonds. The first-order valence-corrected chi connectivity index (χ1v) is 3.61. The summed E-state index contributed by atoms with van der Waals surface area (Å²) >= 11 is 0. The van der Waals surface area contributed by atoms with Crippen molar-refractivity contribution in [3.05, 3.63) is 6.04 Å². The van der Waals surface area contributed by atoms with Crippen molar-refractivity contribution in [3.8, 4) is 0 Å². The van der Waals surface area contributed by atoms with Gasteiger partial charge >= 0.3 is 0 Å². The number of rotatable bonds is 3. The summed E-state index contributed by atoms with van der Waals surface area (Å²) in [5.74, 6) is 0. The lowest BCUT2D eigenvalue weighted by atomic mass is 10.6. The first-order valence-electron chi connectivity index (χ1n) is 2.22. The van der Waals surface area contributed by atoms with Crippen molar-refractivity contribution in [2.45, 2.75) is 13.3 Å². The monoisotopic (exact) mass is 103 g/mol. The van der Waals surface area contributed by atoms with E-state index in [1.54, 1.807) is 7.11 Å². The van der Waals surface area contributed by atoms with E-state index in [1.165, 1.54) is 6.42 Å². The molecule has 0 unspecified atom stereocenters. The van der Waals surface area contributed by atoms with Crippen molar-refractivity contribution in [3.63, 3.8) is 0 Å². The highest BCUT2D eigenvalue weighted by Gasteiger charge is 1.77. The molecule has 0 aliphatic rings. The van der Waals surface area contributed by atoms with E-state index >= 15 is 0 Å². The largest absolute Gasteiger partial charge is 0.427 e. The molecule has 0 spiro atoms. The smallest absolute Gasteiger partial charge is 0.164 e. The average molecular weight is 103 g/mol. The fourth-order valence-corrected chi connectivity index (χ4v) is 0.707. The molecule has 2 heteroatoms. The molecular formula is C4H11OSi. The van der Waals surface area contributed by atoms with Crippen LogP contribution in [0.15, 0.2) is 0 Å². The van der Waals surface area contributed by atoms with E-state index in [9.17, 15) is 0 Å². The van der Waals surface area contributed by atoms with E-state index in [4.69, 9.17) is 4.43 Å². The summed E-state index contributed by atoms with van der Waals surface area (Å²) in [6.07, 6.45) is 1.17. The molecule has 0 aromatic rings. The Bertz CT molecular complexity index is 19.5. The van der Waals surface area contributed by atoms with Gasteiger partial charge < -0.3 is 4.43 Å². The maximum absolute atomic E-state index is 4.87. The summed E-state index contributed by atoms with van der Waals surface area (Å²) in [5.41, 5.74) is 0. The summed E-state index contributed by atoms with van der Waals surface area (Å²) in [4.78, 5) is 0. The van der Waals surface area contributed by atoms with E-state index < -0.39 is 0 Å². The lowest BCUT2D eigenvalue weighted by Crippen LogP contribution is -1.91. The predicted molar refractivity (Wildman–Crippen MR) is 30.1 cm³/mol. The summed E-state index contributed by atoms with van der Waals surface area (Å²) in [7, 11) is 1.56. The van der Waals surface area contributed by atoms with E-state index in [0.29, 0.717) is 0 Å². The molecule has 0 aliphatic heterocycles. The van der Waals surface area contributed by atoms with Crippen LogP contribution in [0.4, 0.5) is 0 Å². The molecule has 0 aromatic carbocycles. The van der Waals surface area contributed by atoms with Gasteiger partial charge in [-0.3, -0.25) is 0 Å². The van der Waals surface area contributed by atoms with Crippen molar-refractivity contribution in [2.75, 3.05) is 7.11 Å². The molecule has 0 rings (SSSR count).